The molecule has 1 fully saturated rings. The Labute approximate surface area is 191 Å². The molecule has 0 bridgehead atoms. The van der Waals surface area contributed by atoms with Crippen LogP contribution < -0.4 is 4.74 Å². The molecule has 0 unspecified atom stereocenters. The third-order valence-corrected chi connectivity index (χ3v) is 6.46. The van der Waals surface area contributed by atoms with Crippen molar-refractivity contribution in [3.63, 3.8) is 0 Å². The van der Waals surface area contributed by atoms with Crippen molar-refractivity contribution in [3.8, 4) is 5.75 Å². The second kappa shape index (κ2) is 9.47. The molecule has 1 aromatic heterocycles. The van der Waals surface area contributed by atoms with Crippen LogP contribution in [0.5, 0.6) is 5.75 Å². The maximum atomic E-state index is 13.4. The molecule has 33 heavy (non-hydrogen) atoms. The van der Waals surface area contributed by atoms with E-state index in [1.54, 1.807) is 19.4 Å². The van der Waals surface area contributed by atoms with Gasteiger partial charge in [0.05, 0.1) is 12.7 Å². The van der Waals surface area contributed by atoms with Crippen molar-refractivity contribution >= 4 is 16.8 Å². The summed E-state index contributed by atoms with van der Waals surface area (Å²) in [5.41, 5.74) is 1.37. The number of carbonyl (C=O) groups is 1. The highest BCUT2D eigenvalue weighted by Gasteiger charge is 2.32. The topological polar surface area (TPSA) is 48.6 Å². The highest BCUT2D eigenvalue weighted by Crippen LogP contribution is 2.38. The smallest absolute Gasteiger partial charge is 0.416 e. The third-order valence-electron chi connectivity index (χ3n) is 6.46. The molecule has 0 aliphatic carbocycles. The van der Waals surface area contributed by atoms with E-state index < -0.39 is 17.7 Å². The number of aromatic amines is 1. The number of fused-ring (bicyclic) bond motifs is 1. The zero-order valence-corrected chi connectivity index (χ0v) is 18.8. The van der Waals surface area contributed by atoms with Crippen LogP contribution in [0, 0.1) is 0 Å². The van der Waals surface area contributed by atoms with Gasteiger partial charge in [-0.25, -0.2) is 0 Å². The van der Waals surface area contributed by atoms with Gasteiger partial charge in [0.2, 0.25) is 5.91 Å². The normalized spacial score (nSPS) is 16.2. The lowest BCUT2D eigenvalue weighted by Crippen LogP contribution is -2.48. The summed E-state index contributed by atoms with van der Waals surface area (Å²) in [5, 5.41) is 0.834. The first-order chi connectivity index (χ1) is 15.8. The van der Waals surface area contributed by atoms with Crippen LogP contribution >= 0.6 is 0 Å². The van der Waals surface area contributed by atoms with E-state index in [0.717, 1.165) is 48.2 Å². The van der Waals surface area contributed by atoms with Gasteiger partial charge in [-0.15, -0.1) is 0 Å². The Morgan fingerprint density at radius 2 is 1.88 bits per heavy atom. The Balaban J connectivity index is 1.71. The molecule has 5 nitrogen and oxygen atoms in total. The van der Waals surface area contributed by atoms with Gasteiger partial charge in [-0.1, -0.05) is 25.1 Å². The lowest BCUT2D eigenvalue weighted by Gasteiger charge is -2.35. The Bertz CT molecular complexity index is 1120. The zero-order chi connectivity index (χ0) is 23.6. The Hall–Kier alpha value is -3.00. The van der Waals surface area contributed by atoms with Crippen LogP contribution in [0.15, 0.2) is 48.7 Å². The molecule has 1 amide bonds. The Morgan fingerprint density at radius 3 is 2.55 bits per heavy atom. The standard InChI is InChI=1S/C25H28F3N3O2/c1-3-30-9-11-31(12-10-30)24(32)15-20(17-5-4-6-18(13-17)25(26,27)28)22-16-29-23-8-7-19(33-2)14-21(22)23/h4-8,13-14,16,20,29H,3,9-12,15H2,1-2H3/t20-/m0/s1. The average molecular weight is 460 g/mol. The van der Waals surface area contributed by atoms with E-state index in [-0.39, 0.29) is 12.3 Å². The number of likely N-dealkylation sites (N-methyl/N-ethyl adjacent to an activating group) is 1. The first-order valence-corrected chi connectivity index (χ1v) is 11.1. The minimum atomic E-state index is -4.45. The van der Waals surface area contributed by atoms with Gasteiger partial charge >= 0.3 is 6.18 Å². The zero-order valence-electron chi connectivity index (χ0n) is 18.8. The first kappa shape index (κ1) is 23.2. The van der Waals surface area contributed by atoms with Crippen LogP contribution in [0.4, 0.5) is 13.2 Å². The summed E-state index contributed by atoms with van der Waals surface area (Å²) >= 11 is 0. The van der Waals surface area contributed by atoms with Gasteiger partial charge in [0.1, 0.15) is 5.75 Å². The van der Waals surface area contributed by atoms with E-state index in [9.17, 15) is 18.0 Å². The van der Waals surface area contributed by atoms with E-state index in [0.29, 0.717) is 24.4 Å². The first-order valence-electron chi connectivity index (χ1n) is 11.1. The molecule has 8 heteroatoms. The summed E-state index contributed by atoms with van der Waals surface area (Å²) in [5.74, 6) is 0.0726. The number of benzene rings is 2. The number of methoxy groups -OCH3 is 1. The van der Waals surface area contributed by atoms with E-state index in [1.165, 1.54) is 6.07 Å². The van der Waals surface area contributed by atoms with Gasteiger partial charge in [0, 0.05) is 55.6 Å². The number of alkyl halides is 3. The molecule has 0 spiro atoms. The molecule has 0 radical (unpaired) electrons. The highest BCUT2D eigenvalue weighted by molar-refractivity contribution is 5.87. The third kappa shape index (κ3) is 5.00. The fourth-order valence-electron chi connectivity index (χ4n) is 4.49. The van der Waals surface area contributed by atoms with Crippen molar-refractivity contribution in [2.24, 2.45) is 0 Å². The number of amides is 1. The largest absolute Gasteiger partial charge is 0.497 e. The van der Waals surface area contributed by atoms with E-state index in [2.05, 4.69) is 16.8 Å². The molecule has 1 aliphatic rings. The number of halogens is 3. The molecule has 2 heterocycles. The summed E-state index contributed by atoms with van der Waals surface area (Å²) in [6.45, 7) is 5.90. The molecular weight excluding hydrogens is 431 g/mol. The summed E-state index contributed by atoms with van der Waals surface area (Å²) < 4.78 is 45.7. The van der Waals surface area contributed by atoms with Crippen molar-refractivity contribution in [1.82, 2.24) is 14.8 Å². The fraction of sp³-hybridized carbons (Fsp3) is 0.400. The molecule has 176 valence electrons. The Kier molecular flexibility index (Phi) is 6.65. The van der Waals surface area contributed by atoms with Crippen LogP contribution in [0.2, 0.25) is 0 Å². The number of H-pyrrole nitrogens is 1. The predicted octanol–water partition coefficient (Wildman–Crippen LogP) is 4.88. The van der Waals surface area contributed by atoms with Gasteiger partial charge in [0.25, 0.3) is 0 Å². The number of nitrogens with one attached hydrogen (secondary N) is 1. The van der Waals surface area contributed by atoms with Crippen molar-refractivity contribution in [1.29, 1.82) is 0 Å². The Morgan fingerprint density at radius 1 is 1.12 bits per heavy atom. The van der Waals surface area contributed by atoms with Gasteiger partial charge < -0.3 is 19.5 Å². The molecule has 1 aliphatic heterocycles. The minimum Gasteiger partial charge on any atom is -0.497 e. The van der Waals surface area contributed by atoms with Gasteiger partial charge in [-0.2, -0.15) is 13.2 Å². The lowest BCUT2D eigenvalue weighted by atomic mass is 9.87. The van der Waals surface area contributed by atoms with Crippen molar-refractivity contribution in [2.45, 2.75) is 25.4 Å². The molecule has 4 rings (SSSR count). The number of hydrogen-bond acceptors (Lipinski definition) is 3. The predicted molar refractivity (Wildman–Crippen MR) is 121 cm³/mol. The quantitative estimate of drug-likeness (QED) is 0.572. The summed E-state index contributed by atoms with van der Waals surface area (Å²) in [6.07, 6.45) is -2.57. The SMILES string of the molecule is CCN1CCN(C(=O)C[C@@H](c2cccc(C(F)(F)F)c2)c2c[nH]c3ccc(OC)cc23)CC1. The molecule has 2 aromatic carbocycles. The molecule has 1 saturated heterocycles. The van der Waals surface area contributed by atoms with Crippen LogP contribution in [0.3, 0.4) is 0 Å². The minimum absolute atomic E-state index is 0.0505. The van der Waals surface area contributed by atoms with Crippen LogP contribution in [0.25, 0.3) is 10.9 Å². The summed E-state index contributed by atoms with van der Waals surface area (Å²) in [7, 11) is 1.57. The summed E-state index contributed by atoms with van der Waals surface area (Å²) in [6, 6.07) is 10.8. The highest BCUT2D eigenvalue weighted by atomic mass is 19.4. The van der Waals surface area contributed by atoms with Crippen LogP contribution in [-0.4, -0.2) is 60.5 Å². The average Bonchev–Trinajstić information content (AvgIpc) is 3.24. The van der Waals surface area contributed by atoms with Gasteiger partial charge in [0.15, 0.2) is 0 Å². The van der Waals surface area contributed by atoms with E-state index in [1.807, 2.05) is 23.1 Å². The molecule has 3 aromatic rings. The molecule has 1 atom stereocenters. The number of aromatic nitrogens is 1. The molecule has 0 saturated carbocycles. The molecule has 1 N–H and O–H groups in total. The maximum Gasteiger partial charge on any atom is 0.416 e. The second-order valence-electron chi connectivity index (χ2n) is 8.35. The van der Waals surface area contributed by atoms with Crippen molar-refractivity contribution in [3.05, 3.63) is 65.4 Å². The number of piperazine rings is 1. The number of hydrogen-bond donors (Lipinski definition) is 1. The van der Waals surface area contributed by atoms with Crippen molar-refractivity contribution < 1.29 is 22.7 Å². The number of rotatable bonds is 6. The van der Waals surface area contributed by atoms with E-state index in [4.69, 9.17) is 4.74 Å². The summed E-state index contributed by atoms with van der Waals surface area (Å²) in [4.78, 5) is 20.6. The lowest BCUT2D eigenvalue weighted by molar-refractivity contribution is -0.137. The van der Waals surface area contributed by atoms with E-state index >= 15 is 0 Å². The maximum absolute atomic E-state index is 13.4. The second-order valence-corrected chi connectivity index (χ2v) is 8.35. The van der Waals surface area contributed by atoms with Gasteiger partial charge in [-0.3, -0.25) is 4.79 Å². The van der Waals surface area contributed by atoms with Crippen molar-refractivity contribution in [2.75, 3.05) is 39.8 Å². The van der Waals surface area contributed by atoms with Crippen LogP contribution in [0.1, 0.15) is 36.0 Å². The van der Waals surface area contributed by atoms with Gasteiger partial charge in [-0.05, 0) is 41.9 Å². The molecular formula is C25H28F3N3O2. The van der Waals surface area contributed by atoms with Crippen LogP contribution in [-0.2, 0) is 11.0 Å². The monoisotopic (exact) mass is 459 g/mol. The fourth-order valence-corrected chi connectivity index (χ4v) is 4.49. The number of nitrogens with zero attached hydrogens (tertiary/aromatic N) is 2. The number of carbonyl (C=O) groups excluding carboxylic acids is 1. The number of ether oxygens (including phenoxy) is 1.